The molecule has 0 N–H and O–H groups in total. The van der Waals surface area contributed by atoms with E-state index in [4.69, 9.17) is 0 Å². The molecule has 0 amide bonds. The van der Waals surface area contributed by atoms with Gasteiger partial charge in [0.2, 0.25) is 5.82 Å². The third-order valence-corrected chi connectivity index (χ3v) is 1.66. The van der Waals surface area contributed by atoms with Crippen LogP contribution in [0.5, 0.6) is 0 Å². The lowest BCUT2D eigenvalue weighted by Gasteiger charge is -1.87. The molecule has 0 aliphatic carbocycles. The average molecular weight is 165 g/mol. The molecule has 0 saturated heterocycles. The van der Waals surface area contributed by atoms with Gasteiger partial charge in [-0.15, -0.1) is 31.7 Å². The Morgan fingerprint density at radius 2 is 2.00 bits per heavy atom. The SMILES string of the molecule is c1nnc(-c2cscn2)nn1. The van der Waals surface area contributed by atoms with Gasteiger partial charge in [-0.05, 0) is 0 Å². The van der Waals surface area contributed by atoms with Crippen molar-refractivity contribution in [3.8, 4) is 11.5 Å². The van der Waals surface area contributed by atoms with Gasteiger partial charge in [0.25, 0.3) is 0 Å². The van der Waals surface area contributed by atoms with Crippen molar-refractivity contribution in [2.75, 3.05) is 0 Å². The van der Waals surface area contributed by atoms with Gasteiger partial charge in [0.05, 0.1) is 5.51 Å². The fourth-order valence-corrected chi connectivity index (χ4v) is 1.16. The van der Waals surface area contributed by atoms with E-state index in [-0.39, 0.29) is 0 Å². The minimum absolute atomic E-state index is 0.466. The molecule has 0 aliphatic heterocycles. The second-order valence-corrected chi connectivity index (χ2v) is 2.46. The molecule has 11 heavy (non-hydrogen) atoms. The summed E-state index contributed by atoms with van der Waals surface area (Å²) >= 11 is 1.49. The molecule has 54 valence electrons. The quantitative estimate of drug-likeness (QED) is 0.611. The summed E-state index contributed by atoms with van der Waals surface area (Å²) in [5.41, 5.74) is 2.43. The van der Waals surface area contributed by atoms with Crippen molar-refractivity contribution in [1.82, 2.24) is 25.4 Å². The maximum atomic E-state index is 4.00. The Morgan fingerprint density at radius 3 is 2.64 bits per heavy atom. The van der Waals surface area contributed by atoms with E-state index in [0.29, 0.717) is 5.82 Å². The highest BCUT2D eigenvalue weighted by atomic mass is 32.1. The van der Waals surface area contributed by atoms with Crippen molar-refractivity contribution < 1.29 is 0 Å². The highest BCUT2D eigenvalue weighted by molar-refractivity contribution is 7.07. The van der Waals surface area contributed by atoms with E-state index >= 15 is 0 Å². The maximum Gasteiger partial charge on any atom is 0.222 e. The van der Waals surface area contributed by atoms with Gasteiger partial charge in [-0.1, -0.05) is 0 Å². The van der Waals surface area contributed by atoms with Crippen molar-refractivity contribution in [3.05, 3.63) is 17.2 Å². The third kappa shape index (κ3) is 1.20. The lowest BCUT2D eigenvalue weighted by Crippen LogP contribution is -1.93. The molecule has 2 rings (SSSR count). The highest BCUT2D eigenvalue weighted by Gasteiger charge is 2.01. The van der Waals surface area contributed by atoms with Gasteiger partial charge >= 0.3 is 0 Å². The van der Waals surface area contributed by atoms with Crippen LogP contribution in [0.4, 0.5) is 0 Å². The van der Waals surface area contributed by atoms with Crippen LogP contribution in [0.15, 0.2) is 17.2 Å². The summed E-state index contributed by atoms with van der Waals surface area (Å²) in [5.74, 6) is 0.466. The van der Waals surface area contributed by atoms with Crippen LogP contribution >= 0.6 is 11.3 Å². The molecule has 2 aromatic heterocycles. The Labute approximate surface area is 66.2 Å². The Hall–Kier alpha value is -1.43. The van der Waals surface area contributed by atoms with E-state index in [1.807, 2.05) is 5.38 Å². The van der Waals surface area contributed by atoms with Gasteiger partial charge in [0, 0.05) is 5.38 Å². The molecule has 0 atom stereocenters. The van der Waals surface area contributed by atoms with Gasteiger partial charge in [0.15, 0.2) is 6.33 Å². The summed E-state index contributed by atoms with van der Waals surface area (Å²) in [4.78, 5) is 4.00. The zero-order valence-electron chi connectivity index (χ0n) is 5.38. The number of nitrogens with zero attached hydrogens (tertiary/aromatic N) is 5. The van der Waals surface area contributed by atoms with Crippen LogP contribution in [0.25, 0.3) is 11.5 Å². The standard InChI is InChI=1S/C5H3N5S/c1-4(6-3-11-1)5-9-7-2-8-10-5/h1-3H. The van der Waals surface area contributed by atoms with Crippen LogP contribution in [-0.2, 0) is 0 Å². The number of hydrogen-bond acceptors (Lipinski definition) is 6. The predicted octanol–water partition coefficient (Wildman–Crippen LogP) is 0.390. The molecule has 0 bridgehead atoms. The smallest absolute Gasteiger partial charge is 0.222 e. The molecule has 0 saturated carbocycles. The van der Waals surface area contributed by atoms with Gasteiger partial charge in [-0.3, -0.25) is 0 Å². The average Bonchev–Trinajstić information content (AvgIpc) is 2.58. The second kappa shape index (κ2) is 2.67. The molecule has 6 heteroatoms. The van der Waals surface area contributed by atoms with Crippen molar-refractivity contribution >= 4 is 11.3 Å². The summed E-state index contributed by atoms with van der Waals surface area (Å²) in [7, 11) is 0. The molecular formula is C5H3N5S. The Morgan fingerprint density at radius 1 is 1.18 bits per heavy atom. The zero-order chi connectivity index (χ0) is 7.52. The van der Waals surface area contributed by atoms with E-state index in [0.717, 1.165) is 5.69 Å². The monoisotopic (exact) mass is 165 g/mol. The largest absolute Gasteiger partial charge is 0.241 e. The topological polar surface area (TPSA) is 64.5 Å². The molecule has 2 aromatic rings. The first-order chi connectivity index (χ1) is 5.47. The summed E-state index contributed by atoms with van der Waals surface area (Å²) < 4.78 is 0. The van der Waals surface area contributed by atoms with E-state index in [1.54, 1.807) is 5.51 Å². The Kier molecular flexibility index (Phi) is 1.53. The molecular weight excluding hydrogens is 162 g/mol. The summed E-state index contributed by atoms with van der Waals surface area (Å²) in [6.07, 6.45) is 1.29. The van der Waals surface area contributed by atoms with Gasteiger partial charge in [0.1, 0.15) is 5.69 Å². The van der Waals surface area contributed by atoms with Crippen LogP contribution in [0.3, 0.4) is 0 Å². The van der Waals surface area contributed by atoms with E-state index in [9.17, 15) is 0 Å². The van der Waals surface area contributed by atoms with E-state index < -0.39 is 0 Å². The van der Waals surface area contributed by atoms with Gasteiger partial charge in [-0.2, -0.15) is 0 Å². The van der Waals surface area contributed by atoms with Crippen molar-refractivity contribution in [1.29, 1.82) is 0 Å². The normalized spacial score (nSPS) is 9.82. The Bertz CT molecular complexity index is 318. The first kappa shape index (κ1) is 6.29. The van der Waals surface area contributed by atoms with Gasteiger partial charge in [-0.25, -0.2) is 4.98 Å². The number of hydrogen-bond donors (Lipinski definition) is 0. The minimum Gasteiger partial charge on any atom is -0.241 e. The maximum absolute atomic E-state index is 4.00. The fourth-order valence-electron chi connectivity index (χ4n) is 0.630. The fraction of sp³-hybridized carbons (Fsp3) is 0. The van der Waals surface area contributed by atoms with Crippen molar-refractivity contribution in [2.45, 2.75) is 0 Å². The van der Waals surface area contributed by atoms with E-state index in [1.165, 1.54) is 17.7 Å². The first-order valence-corrected chi connectivity index (χ1v) is 3.80. The van der Waals surface area contributed by atoms with Crippen LogP contribution in [0.2, 0.25) is 0 Å². The van der Waals surface area contributed by atoms with E-state index in [2.05, 4.69) is 25.4 Å². The van der Waals surface area contributed by atoms with Crippen LogP contribution < -0.4 is 0 Å². The number of aromatic nitrogens is 5. The molecule has 2 heterocycles. The molecule has 0 radical (unpaired) electrons. The van der Waals surface area contributed by atoms with Gasteiger partial charge < -0.3 is 0 Å². The van der Waals surface area contributed by atoms with Crippen LogP contribution in [0.1, 0.15) is 0 Å². The summed E-state index contributed by atoms with van der Waals surface area (Å²) in [5, 5.41) is 16.5. The zero-order valence-corrected chi connectivity index (χ0v) is 6.19. The second-order valence-electron chi connectivity index (χ2n) is 1.74. The lowest BCUT2D eigenvalue weighted by molar-refractivity contribution is 0.860. The highest BCUT2D eigenvalue weighted by Crippen LogP contribution is 2.10. The molecule has 5 nitrogen and oxygen atoms in total. The molecule has 0 aromatic carbocycles. The lowest BCUT2D eigenvalue weighted by atomic mass is 10.5. The number of rotatable bonds is 1. The van der Waals surface area contributed by atoms with Crippen molar-refractivity contribution in [2.24, 2.45) is 0 Å². The number of thiazole rings is 1. The molecule has 0 spiro atoms. The van der Waals surface area contributed by atoms with Crippen LogP contribution in [0, 0.1) is 0 Å². The summed E-state index contributed by atoms with van der Waals surface area (Å²) in [6, 6.07) is 0. The molecule has 0 aliphatic rings. The Balaban J connectivity index is 2.46. The third-order valence-electron chi connectivity index (χ3n) is 1.07. The predicted molar refractivity (Wildman–Crippen MR) is 38.7 cm³/mol. The first-order valence-electron chi connectivity index (χ1n) is 2.86. The molecule has 0 fully saturated rings. The van der Waals surface area contributed by atoms with Crippen LogP contribution in [-0.4, -0.2) is 25.4 Å². The van der Waals surface area contributed by atoms with Crippen molar-refractivity contribution in [3.63, 3.8) is 0 Å². The molecule has 0 unspecified atom stereocenters. The minimum atomic E-state index is 0.466. The summed E-state index contributed by atoms with van der Waals surface area (Å²) in [6.45, 7) is 0.